The molecule has 4 aliphatic rings. The van der Waals surface area contributed by atoms with E-state index in [-0.39, 0.29) is 47.5 Å². The van der Waals surface area contributed by atoms with E-state index in [0.29, 0.717) is 42.9 Å². The Kier molecular flexibility index (Phi) is 10.9. The minimum atomic E-state index is -4.98. The van der Waals surface area contributed by atoms with Crippen molar-refractivity contribution in [1.29, 1.82) is 0 Å². The Labute approximate surface area is 346 Å². The molecule has 318 valence electrons. The average molecular weight is 872 g/mol. The van der Waals surface area contributed by atoms with Crippen molar-refractivity contribution in [2.75, 3.05) is 6.54 Å². The van der Waals surface area contributed by atoms with Crippen LogP contribution in [0.1, 0.15) is 80.8 Å². The maximum absolute atomic E-state index is 14.8. The molecule has 0 unspecified atom stereocenters. The number of nitrogens with one attached hydrogen (secondary N) is 2. The van der Waals surface area contributed by atoms with Gasteiger partial charge in [0.25, 0.3) is 5.91 Å². The number of carbonyl (C=O) groups excluding carboxylic acids is 4. The summed E-state index contributed by atoms with van der Waals surface area (Å²) in [6, 6.07) is 6.53. The van der Waals surface area contributed by atoms with Gasteiger partial charge in [-0.3, -0.25) is 23.9 Å². The van der Waals surface area contributed by atoms with E-state index in [9.17, 15) is 45.2 Å². The number of allylic oxidation sites excluding steroid dienone is 2. The molecule has 4 aromatic rings. The molecule has 5 atom stereocenters. The van der Waals surface area contributed by atoms with Crippen molar-refractivity contribution in [3.8, 4) is 11.6 Å². The van der Waals surface area contributed by atoms with E-state index in [1.807, 2.05) is 12.2 Å². The SMILES string of the molecule is CC1(S(=O)(=O)NC(=O)[C@]23CC(=O)[C@@H]4C[C@@H](Oc5nc6cc(OC(F)(F)F)ccc6c6ccc(F)cc56)CN4C(=O)[C@@H](NC(=O)c4ccns4)CCCCC/C=C\[C@@H]2C3)CC1. The third-order valence-corrected chi connectivity index (χ3v) is 14.9. The number of aromatic nitrogens is 2. The summed E-state index contributed by atoms with van der Waals surface area (Å²) >= 11 is 0.948. The van der Waals surface area contributed by atoms with Gasteiger partial charge in [0.05, 0.1) is 28.3 Å². The monoisotopic (exact) mass is 871 g/mol. The molecule has 2 saturated carbocycles. The standard InChI is InChI=1S/C41H41F4N5O8S2/c1-39(14-15-39)60(55,56)49-38(54)40-20-23(40)7-5-3-2-4-6-8-30(47-35(52)34-13-16-46-59-34)37(53)50-22-26(19-32(50)33(51)21-40)57-36-29-17-24(42)9-11-27(29)28-12-10-25(18-31(28)48-36)58-41(43,44)45/h5,7,9-13,16-18,23,26,30,32H,2-4,6,8,14-15,19-22H2,1H3,(H,47,52)(H,49,54)/b7-5-/t23-,26-,30+,32+,40-/m1/s1. The topological polar surface area (TPSA) is 174 Å². The summed E-state index contributed by atoms with van der Waals surface area (Å²) in [5.74, 6) is -4.25. The van der Waals surface area contributed by atoms with Gasteiger partial charge in [-0.1, -0.05) is 31.1 Å². The first-order valence-electron chi connectivity index (χ1n) is 19.7. The van der Waals surface area contributed by atoms with Crippen molar-refractivity contribution >= 4 is 66.7 Å². The number of benzene rings is 2. The van der Waals surface area contributed by atoms with Crippen LogP contribution in [-0.4, -0.2) is 82.0 Å². The van der Waals surface area contributed by atoms with Crippen LogP contribution in [0, 0.1) is 17.2 Å². The Morgan fingerprint density at radius 3 is 2.53 bits per heavy atom. The van der Waals surface area contributed by atoms with Crippen LogP contribution in [0.15, 0.2) is 60.8 Å². The summed E-state index contributed by atoms with van der Waals surface area (Å²) < 4.78 is 96.3. The predicted octanol–water partition coefficient (Wildman–Crippen LogP) is 6.51. The van der Waals surface area contributed by atoms with Crippen LogP contribution in [-0.2, 0) is 24.4 Å². The highest BCUT2D eigenvalue weighted by atomic mass is 32.2. The van der Waals surface area contributed by atoms with E-state index in [0.717, 1.165) is 36.2 Å². The second kappa shape index (κ2) is 15.7. The summed E-state index contributed by atoms with van der Waals surface area (Å²) in [6.07, 6.45) is 2.57. The third kappa shape index (κ3) is 8.42. The largest absolute Gasteiger partial charge is 0.573 e. The van der Waals surface area contributed by atoms with Crippen LogP contribution in [0.25, 0.3) is 21.7 Å². The Morgan fingerprint density at radius 1 is 1.02 bits per heavy atom. The maximum Gasteiger partial charge on any atom is 0.573 e. The number of halogens is 4. The van der Waals surface area contributed by atoms with Crippen molar-refractivity contribution in [3.63, 3.8) is 0 Å². The normalized spacial score (nSPS) is 26.3. The molecule has 2 aromatic carbocycles. The Bertz CT molecular complexity index is 2510. The zero-order valence-corrected chi connectivity index (χ0v) is 33.9. The molecule has 4 heterocycles. The van der Waals surface area contributed by atoms with Crippen LogP contribution in [0.2, 0.25) is 0 Å². The van der Waals surface area contributed by atoms with Gasteiger partial charge >= 0.3 is 6.36 Å². The van der Waals surface area contributed by atoms with E-state index in [1.165, 1.54) is 35.4 Å². The first-order chi connectivity index (χ1) is 28.4. The van der Waals surface area contributed by atoms with E-state index in [2.05, 4.69) is 24.1 Å². The molecule has 8 rings (SSSR count). The minimum Gasteiger partial charge on any atom is -0.472 e. The summed E-state index contributed by atoms with van der Waals surface area (Å²) in [4.78, 5) is 62.6. The number of nitrogens with zero attached hydrogens (tertiary/aromatic N) is 3. The van der Waals surface area contributed by atoms with Crippen LogP contribution < -0.4 is 19.5 Å². The first-order valence-corrected chi connectivity index (χ1v) is 21.9. The van der Waals surface area contributed by atoms with Crippen LogP contribution in [0.4, 0.5) is 17.6 Å². The molecular weight excluding hydrogens is 831 g/mol. The predicted molar refractivity (Wildman–Crippen MR) is 211 cm³/mol. The quantitative estimate of drug-likeness (QED) is 0.113. The van der Waals surface area contributed by atoms with Crippen molar-refractivity contribution < 1.29 is 54.6 Å². The van der Waals surface area contributed by atoms with E-state index in [1.54, 1.807) is 6.92 Å². The highest BCUT2D eigenvalue weighted by Crippen LogP contribution is 2.57. The number of Topliss-reactive ketones (excluding diaryl/α,β-unsaturated/α-hetero) is 1. The molecule has 0 radical (unpaired) electrons. The minimum absolute atomic E-state index is 0.0347. The highest BCUT2D eigenvalue weighted by molar-refractivity contribution is 7.91. The van der Waals surface area contributed by atoms with E-state index in [4.69, 9.17) is 4.74 Å². The lowest BCUT2D eigenvalue weighted by Gasteiger charge is -2.29. The molecule has 0 spiro atoms. The molecule has 3 fully saturated rings. The summed E-state index contributed by atoms with van der Waals surface area (Å²) in [7, 11) is -4.05. The molecule has 2 aromatic heterocycles. The van der Waals surface area contributed by atoms with Crippen LogP contribution in [0.5, 0.6) is 11.6 Å². The lowest BCUT2D eigenvalue weighted by molar-refractivity contribution is -0.274. The zero-order chi connectivity index (χ0) is 42.6. The molecule has 19 heteroatoms. The fourth-order valence-corrected chi connectivity index (χ4v) is 10.1. The Hall–Kier alpha value is -5.17. The number of alkyl halides is 3. The maximum atomic E-state index is 14.8. The van der Waals surface area contributed by atoms with Gasteiger partial charge < -0.3 is 19.7 Å². The van der Waals surface area contributed by atoms with Crippen molar-refractivity contribution in [3.05, 3.63) is 71.5 Å². The average Bonchev–Trinajstić information content (AvgIpc) is 3.93. The number of carbonyl (C=O) groups is 4. The van der Waals surface area contributed by atoms with Gasteiger partial charge in [-0.25, -0.2) is 22.2 Å². The number of ether oxygens (including phenoxy) is 2. The van der Waals surface area contributed by atoms with Gasteiger partial charge in [-0.05, 0) is 98.6 Å². The van der Waals surface area contributed by atoms with E-state index >= 15 is 0 Å². The summed E-state index contributed by atoms with van der Waals surface area (Å²) in [6.45, 7) is 1.33. The third-order valence-electron chi connectivity index (χ3n) is 12.0. The summed E-state index contributed by atoms with van der Waals surface area (Å²) in [5, 5.41) is 3.77. The van der Waals surface area contributed by atoms with Crippen molar-refractivity contribution in [1.82, 2.24) is 24.3 Å². The van der Waals surface area contributed by atoms with Gasteiger partial charge in [-0.2, -0.15) is 0 Å². The number of hydrogen-bond acceptors (Lipinski definition) is 11. The second-order valence-electron chi connectivity index (χ2n) is 16.3. The van der Waals surface area contributed by atoms with E-state index < -0.39 is 92.1 Å². The highest BCUT2D eigenvalue weighted by Gasteiger charge is 2.62. The fraction of sp³-hybridized carbons (Fsp3) is 0.463. The summed E-state index contributed by atoms with van der Waals surface area (Å²) in [5.41, 5.74) is -1.36. The van der Waals surface area contributed by atoms with Gasteiger partial charge in [0.2, 0.25) is 27.7 Å². The molecular formula is C41H41F4N5O8S2. The molecule has 3 amide bonds. The number of ketones is 1. The number of amides is 3. The molecule has 0 bridgehead atoms. The zero-order valence-electron chi connectivity index (χ0n) is 32.3. The number of pyridine rings is 1. The van der Waals surface area contributed by atoms with Crippen LogP contribution >= 0.6 is 11.5 Å². The second-order valence-corrected chi connectivity index (χ2v) is 19.3. The van der Waals surface area contributed by atoms with Crippen molar-refractivity contribution in [2.45, 2.75) is 100 Å². The smallest absolute Gasteiger partial charge is 0.472 e. The molecule has 2 aliphatic carbocycles. The Morgan fingerprint density at radius 2 is 1.80 bits per heavy atom. The molecule has 1 saturated heterocycles. The molecule has 2 N–H and O–H groups in total. The Balaban J connectivity index is 1.14. The lowest BCUT2D eigenvalue weighted by Crippen LogP contribution is -2.52. The fourth-order valence-electron chi connectivity index (χ4n) is 8.22. The first kappa shape index (κ1) is 41.6. The number of rotatable bonds is 8. The number of fused-ring (bicyclic) bond motifs is 5. The van der Waals surface area contributed by atoms with Gasteiger partial charge in [0, 0.05) is 35.9 Å². The van der Waals surface area contributed by atoms with Gasteiger partial charge in [-0.15, -0.1) is 13.2 Å². The van der Waals surface area contributed by atoms with Crippen molar-refractivity contribution in [2.24, 2.45) is 11.3 Å². The van der Waals surface area contributed by atoms with Crippen LogP contribution in [0.3, 0.4) is 0 Å². The van der Waals surface area contributed by atoms with Gasteiger partial charge in [0.1, 0.15) is 28.6 Å². The molecule has 2 aliphatic heterocycles. The molecule has 13 nitrogen and oxygen atoms in total. The molecule has 60 heavy (non-hydrogen) atoms. The number of sulfonamides is 1. The van der Waals surface area contributed by atoms with Gasteiger partial charge in [0.15, 0.2) is 5.78 Å². The number of hydrogen-bond donors (Lipinski definition) is 2. The lowest BCUT2D eigenvalue weighted by atomic mass is 9.91.